The van der Waals surface area contributed by atoms with Gasteiger partial charge in [0.2, 0.25) is 0 Å². The van der Waals surface area contributed by atoms with Crippen LogP contribution < -0.4 is 5.73 Å². The fourth-order valence-electron chi connectivity index (χ4n) is 0.199. The molecule has 1 unspecified atom stereocenters. The summed E-state index contributed by atoms with van der Waals surface area (Å²) in [5, 5.41) is 0. The summed E-state index contributed by atoms with van der Waals surface area (Å²) in [5.74, 6) is -4.06. The van der Waals surface area contributed by atoms with Crippen LogP contribution in [0.3, 0.4) is 0 Å². The van der Waals surface area contributed by atoms with Gasteiger partial charge in [0.05, 0.1) is 6.04 Å². The maximum Gasteiger partial charge on any atom is 0.321 e. The van der Waals surface area contributed by atoms with Crippen LogP contribution in [0.5, 0.6) is 0 Å². The molecule has 10 heavy (non-hydrogen) atoms. The average molecular weight is 182 g/mol. The van der Waals surface area contributed by atoms with E-state index in [1.807, 2.05) is 0 Å². The molecule has 0 aliphatic rings. The molecule has 0 aromatic rings. The summed E-state index contributed by atoms with van der Waals surface area (Å²) in [6.07, 6.45) is -3.67. The standard InChI is InChI=1S/C4H7F4N.ClH/c1-2(9)4(7,8)3(5)6;/h2-3H,9H2,1H3;1H. The first-order valence-electron chi connectivity index (χ1n) is 2.30. The molecule has 2 N–H and O–H groups in total. The van der Waals surface area contributed by atoms with Gasteiger partial charge in [0.1, 0.15) is 0 Å². The van der Waals surface area contributed by atoms with E-state index in [9.17, 15) is 17.6 Å². The molecule has 0 saturated carbocycles. The van der Waals surface area contributed by atoms with Crippen LogP contribution in [0, 0.1) is 0 Å². The van der Waals surface area contributed by atoms with E-state index < -0.39 is 18.4 Å². The molecule has 1 atom stereocenters. The fourth-order valence-corrected chi connectivity index (χ4v) is 0.199. The van der Waals surface area contributed by atoms with Crippen molar-refractivity contribution in [2.45, 2.75) is 25.3 Å². The van der Waals surface area contributed by atoms with Crippen LogP contribution in [0.15, 0.2) is 0 Å². The third-order valence-electron chi connectivity index (χ3n) is 0.898. The first-order valence-corrected chi connectivity index (χ1v) is 2.30. The van der Waals surface area contributed by atoms with Crippen LogP contribution in [-0.2, 0) is 0 Å². The van der Waals surface area contributed by atoms with Gasteiger partial charge in [-0.05, 0) is 6.92 Å². The SMILES string of the molecule is CC(N)C(F)(F)C(F)F.Cl. The van der Waals surface area contributed by atoms with E-state index in [-0.39, 0.29) is 12.4 Å². The topological polar surface area (TPSA) is 26.0 Å². The molecule has 0 aliphatic heterocycles. The van der Waals surface area contributed by atoms with Crippen molar-refractivity contribution in [3.63, 3.8) is 0 Å². The molecule has 0 aliphatic carbocycles. The average Bonchev–Trinajstić information content (AvgIpc) is 1.65. The molecule has 0 heterocycles. The maximum absolute atomic E-state index is 11.8. The Labute approximate surface area is 62.0 Å². The third kappa shape index (κ3) is 2.70. The quantitative estimate of drug-likeness (QED) is 0.645. The van der Waals surface area contributed by atoms with E-state index in [4.69, 9.17) is 0 Å². The number of halogens is 5. The molecule has 0 bridgehead atoms. The van der Waals surface area contributed by atoms with Crippen LogP contribution >= 0.6 is 12.4 Å². The Morgan fingerprint density at radius 2 is 1.60 bits per heavy atom. The van der Waals surface area contributed by atoms with Gasteiger partial charge in [0, 0.05) is 0 Å². The van der Waals surface area contributed by atoms with Gasteiger partial charge in [0.25, 0.3) is 0 Å². The van der Waals surface area contributed by atoms with Crippen LogP contribution in [0.25, 0.3) is 0 Å². The Hall–Kier alpha value is -0.0300. The Morgan fingerprint density at radius 3 is 1.60 bits per heavy atom. The summed E-state index contributed by atoms with van der Waals surface area (Å²) in [6, 6.07) is -1.79. The van der Waals surface area contributed by atoms with Gasteiger partial charge < -0.3 is 5.73 Å². The highest BCUT2D eigenvalue weighted by molar-refractivity contribution is 5.85. The molecule has 0 radical (unpaired) electrons. The molecule has 0 spiro atoms. The van der Waals surface area contributed by atoms with Crippen molar-refractivity contribution in [3.8, 4) is 0 Å². The highest BCUT2D eigenvalue weighted by Gasteiger charge is 2.44. The summed E-state index contributed by atoms with van der Waals surface area (Å²) < 4.78 is 46.1. The number of hydrogen-bond acceptors (Lipinski definition) is 1. The number of alkyl halides is 4. The molecular formula is C4H8ClF4N. The predicted molar refractivity (Wildman–Crippen MR) is 31.8 cm³/mol. The van der Waals surface area contributed by atoms with Crippen LogP contribution in [0.1, 0.15) is 6.92 Å². The van der Waals surface area contributed by atoms with Gasteiger partial charge in [-0.25, -0.2) is 8.78 Å². The minimum Gasteiger partial charge on any atom is -0.323 e. The van der Waals surface area contributed by atoms with E-state index in [1.165, 1.54) is 0 Å². The van der Waals surface area contributed by atoms with Gasteiger partial charge in [-0.2, -0.15) is 8.78 Å². The van der Waals surface area contributed by atoms with Crippen LogP contribution in [0.2, 0.25) is 0 Å². The van der Waals surface area contributed by atoms with Crippen molar-refractivity contribution in [3.05, 3.63) is 0 Å². The largest absolute Gasteiger partial charge is 0.323 e. The minimum atomic E-state index is -4.06. The molecule has 0 saturated heterocycles. The van der Waals surface area contributed by atoms with Crippen molar-refractivity contribution in [2.24, 2.45) is 5.73 Å². The highest BCUT2D eigenvalue weighted by atomic mass is 35.5. The van der Waals surface area contributed by atoms with Crippen LogP contribution in [-0.4, -0.2) is 18.4 Å². The lowest BCUT2D eigenvalue weighted by Crippen LogP contribution is -2.44. The van der Waals surface area contributed by atoms with Gasteiger partial charge in [-0.1, -0.05) is 0 Å². The second-order valence-electron chi connectivity index (χ2n) is 1.76. The maximum atomic E-state index is 11.8. The highest BCUT2D eigenvalue weighted by Crippen LogP contribution is 2.24. The van der Waals surface area contributed by atoms with E-state index >= 15 is 0 Å². The molecule has 1 nitrogen and oxygen atoms in total. The lowest BCUT2D eigenvalue weighted by molar-refractivity contribution is -0.139. The second-order valence-corrected chi connectivity index (χ2v) is 1.76. The van der Waals surface area contributed by atoms with Crippen molar-refractivity contribution >= 4 is 12.4 Å². The second kappa shape index (κ2) is 3.98. The van der Waals surface area contributed by atoms with E-state index in [0.29, 0.717) is 0 Å². The summed E-state index contributed by atoms with van der Waals surface area (Å²) in [5.41, 5.74) is 4.54. The lowest BCUT2D eigenvalue weighted by atomic mass is 10.2. The van der Waals surface area contributed by atoms with Gasteiger partial charge in [0.15, 0.2) is 0 Å². The number of hydrogen-bond donors (Lipinski definition) is 1. The smallest absolute Gasteiger partial charge is 0.321 e. The summed E-state index contributed by atoms with van der Waals surface area (Å²) in [4.78, 5) is 0. The normalized spacial score (nSPS) is 14.7. The molecule has 64 valence electrons. The first-order chi connectivity index (χ1) is 3.89. The Kier molecular flexibility index (Phi) is 5.02. The summed E-state index contributed by atoms with van der Waals surface area (Å²) in [6.45, 7) is 0.839. The van der Waals surface area contributed by atoms with Gasteiger partial charge >= 0.3 is 12.3 Å². The Bertz CT molecular complexity index is 85.3. The zero-order chi connectivity index (χ0) is 7.65. The Morgan fingerprint density at radius 1 is 1.30 bits per heavy atom. The lowest BCUT2D eigenvalue weighted by Gasteiger charge is -2.18. The molecule has 0 rings (SSSR count). The van der Waals surface area contributed by atoms with E-state index in [0.717, 1.165) is 6.92 Å². The molecule has 0 aromatic heterocycles. The third-order valence-corrected chi connectivity index (χ3v) is 0.898. The van der Waals surface area contributed by atoms with Crippen molar-refractivity contribution < 1.29 is 17.6 Å². The first kappa shape index (κ1) is 12.6. The molecule has 0 fully saturated rings. The fraction of sp³-hybridized carbons (Fsp3) is 1.00. The molecule has 0 aromatic carbocycles. The van der Waals surface area contributed by atoms with Crippen molar-refractivity contribution in [2.75, 3.05) is 0 Å². The number of rotatable bonds is 2. The van der Waals surface area contributed by atoms with Gasteiger partial charge in [-0.15, -0.1) is 12.4 Å². The summed E-state index contributed by atoms with van der Waals surface area (Å²) in [7, 11) is 0. The van der Waals surface area contributed by atoms with Crippen molar-refractivity contribution in [1.82, 2.24) is 0 Å². The molecule has 6 heteroatoms. The van der Waals surface area contributed by atoms with E-state index in [2.05, 4.69) is 5.73 Å². The predicted octanol–water partition coefficient (Wildman–Crippen LogP) is 1.66. The zero-order valence-corrected chi connectivity index (χ0v) is 5.97. The molecule has 0 amide bonds. The van der Waals surface area contributed by atoms with Gasteiger partial charge in [-0.3, -0.25) is 0 Å². The minimum absolute atomic E-state index is 0. The zero-order valence-electron chi connectivity index (χ0n) is 5.15. The Balaban J connectivity index is 0. The van der Waals surface area contributed by atoms with E-state index in [1.54, 1.807) is 0 Å². The monoisotopic (exact) mass is 181 g/mol. The number of nitrogens with two attached hydrogens (primary N) is 1. The van der Waals surface area contributed by atoms with Crippen molar-refractivity contribution in [1.29, 1.82) is 0 Å². The van der Waals surface area contributed by atoms with Crippen LogP contribution in [0.4, 0.5) is 17.6 Å². The summed E-state index contributed by atoms with van der Waals surface area (Å²) >= 11 is 0. The molecular weight excluding hydrogens is 173 g/mol.